The number of aliphatic carboxylic acids is 1. The van der Waals surface area contributed by atoms with Gasteiger partial charge in [0.15, 0.2) is 5.79 Å². The van der Waals surface area contributed by atoms with Crippen LogP contribution in [0.4, 0.5) is 0 Å². The molecule has 0 aliphatic carbocycles. The molecule has 2 fully saturated rings. The van der Waals surface area contributed by atoms with Gasteiger partial charge in [0.2, 0.25) is 0 Å². The first kappa shape index (κ1) is 44.8. The van der Waals surface area contributed by atoms with Crippen LogP contribution in [0.2, 0.25) is 0 Å². The van der Waals surface area contributed by atoms with Crippen LogP contribution in [-0.2, 0) is 19.0 Å². The molecule has 3 heterocycles. The lowest BCUT2D eigenvalue weighted by Gasteiger charge is -2.46. The van der Waals surface area contributed by atoms with E-state index in [2.05, 4.69) is 0 Å². The van der Waals surface area contributed by atoms with E-state index in [0.717, 1.165) is 0 Å². The molecule has 0 spiro atoms. The van der Waals surface area contributed by atoms with Crippen molar-refractivity contribution in [2.75, 3.05) is 0 Å². The fourth-order valence-electron chi connectivity index (χ4n) is 7.06. The zero-order chi connectivity index (χ0) is 39.3. The highest BCUT2D eigenvalue weighted by Crippen LogP contribution is 2.38. The first-order chi connectivity index (χ1) is 24.9. The lowest BCUT2D eigenvalue weighted by atomic mass is 9.82. The Morgan fingerprint density at radius 1 is 0.604 bits per heavy atom. The number of rotatable bonds is 1. The van der Waals surface area contributed by atoms with Gasteiger partial charge in [-0.3, -0.25) is 4.79 Å². The van der Waals surface area contributed by atoms with Crippen molar-refractivity contribution in [1.82, 2.24) is 0 Å². The van der Waals surface area contributed by atoms with Crippen LogP contribution in [0.25, 0.3) is 0 Å². The maximum atomic E-state index is 12.0. The molecule has 14 nitrogen and oxygen atoms in total. The molecule has 0 aromatic carbocycles. The molecule has 3 rings (SSSR count). The van der Waals surface area contributed by atoms with Crippen molar-refractivity contribution in [3.8, 4) is 0 Å². The predicted molar refractivity (Wildman–Crippen MR) is 193 cm³/mol. The van der Waals surface area contributed by atoms with E-state index in [1.165, 1.54) is 6.08 Å². The number of carbonyl (C=O) groups is 1. The fraction of sp³-hybridized carbons (Fsp3) is 0.667. The van der Waals surface area contributed by atoms with E-state index in [0.29, 0.717) is 0 Å². The van der Waals surface area contributed by atoms with E-state index in [1.54, 1.807) is 30.4 Å². The Balaban J connectivity index is 1.77. The molecule has 0 saturated carbocycles. The van der Waals surface area contributed by atoms with E-state index >= 15 is 0 Å². The average Bonchev–Trinajstić information content (AvgIpc) is 3.04. The minimum Gasteiger partial charge on any atom is -0.481 e. The summed E-state index contributed by atoms with van der Waals surface area (Å²) in [5.41, 5.74) is 0. The number of fused-ring (bicyclic) bond motifs is 4. The third-order valence-corrected chi connectivity index (χ3v) is 10.0. The van der Waals surface area contributed by atoms with Gasteiger partial charge in [0.25, 0.3) is 5.97 Å². The van der Waals surface area contributed by atoms with Crippen LogP contribution < -0.4 is 0 Å². The van der Waals surface area contributed by atoms with Gasteiger partial charge in [0.05, 0.1) is 67.5 Å². The molecule has 0 amide bonds. The molecule has 2 unspecified atom stereocenters. The van der Waals surface area contributed by atoms with E-state index < -0.39 is 97.5 Å². The predicted octanol–water partition coefficient (Wildman–Crippen LogP) is 1.49. The maximum Gasteiger partial charge on any atom is 0.311 e. The summed E-state index contributed by atoms with van der Waals surface area (Å²) in [6.07, 6.45) is 6.78. The van der Waals surface area contributed by atoms with Gasteiger partial charge in [-0.25, -0.2) is 0 Å². The van der Waals surface area contributed by atoms with Crippen LogP contribution >= 0.6 is 0 Å². The Morgan fingerprint density at radius 2 is 1.15 bits per heavy atom. The number of aliphatic hydroxyl groups is 9. The van der Waals surface area contributed by atoms with Gasteiger partial charge < -0.3 is 65.3 Å². The molecular weight excluding hydrogens is 692 g/mol. The van der Waals surface area contributed by atoms with Crippen molar-refractivity contribution in [3.05, 3.63) is 72.9 Å². The van der Waals surface area contributed by atoms with Crippen molar-refractivity contribution in [2.45, 2.75) is 145 Å². The van der Waals surface area contributed by atoms with Crippen LogP contribution in [-0.4, -0.2) is 130 Å². The van der Waals surface area contributed by atoms with Crippen LogP contribution in [0.15, 0.2) is 72.9 Å². The molecule has 3 aliphatic rings. The van der Waals surface area contributed by atoms with Crippen molar-refractivity contribution in [2.24, 2.45) is 17.8 Å². The molecule has 0 aromatic heterocycles. The number of hydrogen-bond acceptors (Lipinski definition) is 13. The number of hydrogen-bond donors (Lipinski definition) is 10. The van der Waals surface area contributed by atoms with Crippen LogP contribution in [0, 0.1) is 17.8 Å². The zero-order valence-corrected chi connectivity index (χ0v) is 30.7. The highest BCUT2D eigenvalue weighted by atomic mass is 16.8. The Kier molecular flexibility index (Phi) is 17.7. The van der Waals surface area contributed by atoms with E-state index in [1.807, 2.05) is 57.2 Å². The quantitative estimate of drug-likeness (QED) is 0.183. The van der Waals surface area contributed by atoms with Crippen molar-refractivity contribution >= 4 is 5.97 Å². The summed E-state index contributed by atoms with van der Waals surface area (Å²) in [5.74, 6) is -7.44. The number of allylic oxidation sites excluding steroid dienone is 10. The SMILES string of the molecule is C[C@H]1/C=C/C=C/C=C/C=C/C=C/C=C/[C@H](O)CC2O[C@](O)(C[C@@H](O)[C@H](O)CC[C@@H](O)C[C@@H](O)C[C@@H](O)C[C@]3(O)OC1[C@H](C)[C@@H](C)O3)C[C@H](O)[C@H]2C(=O)O. The minimum absolute atomic E-state index is 0.0795. The summed E-state index contributed by atoms with van der Waals surface area (Å²) in [6.45, 7) is 5.71. The number of ether oxygens (including phenoxy) is 3. The van der Waals surface area contributed by atoms with Gasteiger partial charge in [-0.2, -0.15) is 0 Å². The van der Waals surface area contributed by atoms with Gasteiger partial charge >= 0.3 is 5.97 Å². The lowest BCUT2D eigenvalue weighted by molar-refractivity contribution is -0.435. The average molecular weight is 753 g/mol. The molecule has 53 heavy (non-hydrogen) atoms. The van der Waals surface area contributed by atoms with Gasteiger partial charge in [-0.1, -0.05) is 86.8 Å². The molecule has 2 saturated heterocycles. The molecule has 15 atom stereocenters. The molecule has 4 bridgehead atoms. The Labute approximate surface area is 311 Å². The highest BCUT2D eigenvalue weighted by Gasteiger charge is 2.50. The summed E-state index contributed by atoms with van der Waals surface area (Å²) in [6, 6.07) is 0. The van der Waals surface area contributed by atoms with Gasteiger partial charge in [0, 0.05) is 31.1 Å². The summed E-state index contributed by atoms with van der Waals surface area (Å²) >= 11 is 0. The highest BCUT2D eigenvalue weighted by molar-refractivity contribution is 5.71. The van der Waals surface area contributed by atoms with E-state index in [9.17, 15) is 55.9 Å². The first-order valence-corrected chi connectivity index (χ1v) is 18.4. The van der Waals surface area contributed by atoms with Crippen LogP contribution in [0.1, 0.15) is 72.1 Å². The molecule has 300 valence electrons. The first-order valence-electron chi connectivity index (χ1n) is 18.4. The summed E-state index contributed by atoms with van der Waals surface area (Å²) < 4.78 is 17.4. The standard InChI is InChI=1S/C39H60O14/c1-24-14-12-10-8-6-4-5-7-9-11-13-15-27(40)20-34-35(37(47)48)33(46)23-38(49,52-34)22-32(45)31(44)17-16-28(41)18-29(42)19-30(43)21-39(50)51-26(3)25(2)36(24)53-39/h4-15,24-36,40-46,49-50H,16-23H2,1-3H3,(H,47,48)/b6-4+,7-5+,10-8+,11-9+,14-12+,15-13+/t24-,25+,26+,27-,28+,29+,30+,31+,32+,33-,34?,35+,36?,38+,39+/m0/s1. The smallest absolute Gasteiger partial charge is 0.311 e. The molecule has 3 aliphatic heterocycles. The summed E-state index contributed by atoms with van der Waals surface area (Å²) in [4.78, 5) is 12.0. The van der Waals surface area contributed by atoms with Crippen LogP contribution in [0.5, 0.6) is 0 Å². The van der Waals surface area contributed by atoms with E-state index in [4.69, 9.17) is 14.2 Å². The van der Waals surface area contributed by atoms with Gasteiger partial charge in [-0.15, -0.1) is 0 Å². The minimum atomic E-state index is -2.24. The summed E-state index contributed by atoms with van der Waals surface area (Å²) in [5, 5.41) is 107. The number of carboxylic acid groups (broad SMARTS) is 1. The lowest BCUT2D eigenvalue weighted by Crippen LogP contribution is -2.56. The van der Waals surface area contributed by atoms with Crippen LogP contribution in [0.3, 0.4) is 0 Å². The monoisotopic (exact) mass is 752 g/mol. The topological polar surface area (TPSA) is 247 Å². The summed E-state index contributed by atoms with van der Waals surface area (Å²) in [7, 11) is 0. The largest absolute Gasteiger partial charge is 0.481 e. The van der Waals surface area contributed by atoms with Gasteiger partial charge in [0.1, 0.15) is 5.92 Å². The Hall–Kier alpha value is -2.57. The fourth-order valence-corrected chi connectivity index (χ4v) is 7.06. The molecular formula is C39H60O14. The second kappa shape index (κ2) is 20.9. The van der Waals surface area contributed by atoms with E-state index in [-0.39, 0.29) is 50.4 Å². The van der Waals surface area contributed by atoms with Gasteiger partial charge in [-0.05, 0) is 32.6 Å². The normalized spacial score (nSPS) is 47.1. The Morgan fingerprint density at radius 3 is 1.75 bits per heavy atom. The second-order valence-corrected chi connectivity index (χ2v) is 14.7. The maximum absolute atomic E-state index is 12.0. The van der Waals surface area contributed by atoms with Crippen molar-refractivity contribution in [3.63, 3.8) is 0 Å². The van der Waals surface area contributed by atoms with Crippen molar-refractivity contribution < 1.29 is 70.1 Å². The molecule has 14 heteroatoms. The second-order valence-electron chi connectivity index (χ2n) is 14.7. The number of carboxylic acids is 1. The third kappa shape index (κ3) is 14.5. The molecule has 0 aromatic rings. The third-order valence-electron chi connectivity index (χ3n) is 10.0. The molecule has 10 N–H and O–H groups in total. The number of aliphatic hydroxyl groups excluding tert-OH is 7. The zero-order valence-electron chi connectivity index (χ0n) is 30.7. The van der Waals surface area contributed by atoms with Crippen molar-refractivity contribution in [1.29, 1.82) is 0 Å². The Bertz CT molecular complexity index is 1310. The molecule has 0 radical (unpaired) electrons.